The van der Waals surface area contributed by atoms with E-state index in [0.717, 1.165) is 0 Å². The van der Waals surface area contributed by atoms with Gasteiger partial charge in [-0.25, -0.2) is 0 Å². The van der Waals surface area contributed by atoms with E-state index in [1.165, 1.54) is 0 Å². The molecule has 2 aromatic heterocycles. The van der Waals surface area contributed by atoms with Crippen LogP contribution >= 0.6 is 11.6 Å². The van der Waals surface area contributed by atoms with Crippen LogP contribution in [0.3, 0.4) is 0 Å². The van der Waals surface area contributed by atoms with E-state index in [1.54, 1.807) is 30.5 Å². The van der Waals surface area contributed by atoms with Gasteiger partial charge in [-0.2, -0.15) is 10.1 Å². The van der Waals surface area contributed by atoms with Gasteiger partial charge in [-0.05, 0) is 37.3 Å². The first-order chi connectivity index (χ1) is 10.2. The predicted molar refractivity (Wildman–Crippen MR) is 75.8 cm³/mol. The average molecular weight is 303 g/mol. The summed E-state index contributed by atoms with van der Waals surface area (Å²) in [5, 5.41) is 12.2. The summed E-state index contributed by atoms with van der Waals surface area (Å²) >= 11 is 5.91. The number of nitrogens with zero attached hydrogens (tertiary/aromatic N) is 4. The summed E-state index contributed by atoms with van der Waals surface area (Å²) in [6, 6.07) is 10.6. The molecule has 0 spiro atoms. The molecule has 0 fully saturated rings. The molecule has 1 aromatic carbocycles. The molecule has 0 N–H and O–H groups in total. The number of rotatable bonds is 4. The fourth-order valence-electron chi connectivity index (χ4n) is 1.72. The van der Waals surface area contributed by atoms with Crippen LogP contribution in [0, 0.1) is 0 Å². The van der Waals surface area contributed by atoms with E-state index in [2.05, 4.69) is 20.3 Å². The molecule has 0 unspecified atom stereocenters. The van der Waals surface area contributed by atoms with Gasteiger partial charge in [-0.3, -0.25) is 0 Å². The molecule has 0 bridgehead atoms. The number of benzene rings is 1. The highest BCUT2D eigenvalue weighted by atomic mass is 35.5. The third kappa shape index (κ3) is 3.17. The molecule has 0 radical (unpaired) electrons. The highest BCUT2D eigenvalue weighted by molar-refractivity contribution is 6.30. The van der Waals surface area contributed by atoms with Gasteiger partial charge in [-0.1, -0.05) is 22.8 Å². The van der Waals surface area contributed by atoms with Gasteiger partial charge in [0.25, 0.3) is 5.89 Å². The smallest absolute Gasteiger partial charge is 0.267 e. The molecule has 3 aromatic rings. The number of aromatic nitrogens is 4. The molecule has 21 heavy (non-hydrogen) atoms. The van der Waals surface area contributed by atoms with Gasteiger partial charge >= 0.3 is 0 Å². The lowest BCUT2D eigenvalue weighted by Crippen LogP contribution is -2.03. The van der Waals surface area contributed by atoms with Crippen LogP contribution < -0.4 is 4.74 Å². The van der Waals surface area contributed by atoms with E-state index in [1.807, 2.05) is 19.1 Å². The van der Waals surface area contributed by atoms with Crippen LogP contribution in [-0.4, -0.2) is 20.3 Å². The zero-order valence-electron chi connectivity index (χ0n) is 11.1. The van der Waals surface area contributed by atoms with Gasteiger partial charge in [0.15, 0.2) is 6.10 Å². The molecule has 0 saturated carbocycles. The van der Waals surface area contributed by atoms with E-state index in [-0.39, 0.29) is 0 Å². The van der Waals surface area contributed by atoms with Crippen LogP contribution in [0.1, 0.15) is 18.9 Å². The van der Waals surface area contributed by atoms with Crippen LogP contribution in [0.2, 0.25) is 5.02 Å². The topological polar surface area (TPSA) is 73.9 Å². The third-order valence-corrected chi connectivity index (χ3v) is 2.93. The molecule has 1 atom stereocenters. The van der Waals surface area contributed by atoms with Gasteiger partial charge in [-0.15, -0.1) is 5.10 Å². The standard InChI is InChI=1S/C14H11ClN4O2/c1-9(20-11-5-2-4-10(15)8-11)14-17-13(19-21-14)12-6-3-7-16-18-12/h2-9H,1H3/t9-/m0/s1. The summed E-state index contributed by atoms with van der Waals surface area (Å²) < 4.78 is 10.9. The minimum absolute atomic E-state index is 0.357. The lowest BCUT2D eigenvalue weighted by Gasteiger charge is -2.10. The quantitative estimate of drug-likeness (QED) is 0.736. The van der Waals surface area contributed by atoms with Gasteiger partial charge in [0, 0.05) is 11.2 Å². The van der Waals surface area contributed by atoms with Crippen molar-refractivity contribution in [2.45, 2.75) is 13.0 Å². The maximum atomic E-state index is 5.91. The number of ether oxygens (including phenoxy) is 1. The van der Waals surface area contributed by atoms with Crippen molar-refractivity contribution in [1.82, 2.24) is 20.3 Å². The first-order valence-corrected chi connectivity index (χ1v) is 6.64. The lowest BCUT2D eigenvalue weighted by atomic mass is 10.3. The number of hydrogen-bond acceptors (Lipinski definition) is 6. The van der Waals surface area contributed by atoms with Crippen LogP contribution in [0.25, 0.3) is 11.5 Å². The Labute approximate surface area is 125 Å². The Morgan fingerprint density at radius 3 is 2.90 bits per heavy atom. The fraction of sp³-hybridized carbons (Fsp3) is 0.143. The zero-order chi connectivity index (χ0) is 14.7. The van der Waals surface area contributed by atoms with Crippen molar-refractivity contribution in [3.63, 3.8) is 0 Å². The van der Waals surface area contributed by atoms with Crippen molar-refractivity contribution >= 4 is 11.6 Å². The van der Waals surface area contributed by atoms with Crippen molar-refractivity contribution in [1.29, 1.82) is 0 Å². The van der Waals surface area contributed by atoms with Gasteiger partial charge in [0.1, 0.15) is 11.4 Å². The van der Waals surface area contributed by atoms with E-state index in [9.17, 15) is 0 Å². The summed E-state index contributed by atoms with van der Waals surface area (Å²) in [4.78, 5) is 4.26. The molecule has 6 nitrogen and oxygen atoms in total. The molecular formula is C14H11ClN4O2. The maximum absolute atomic E-state index is 5.91. The highest BCUT2D eigenvalue weighted by Crippen LogP contribution is 2.24. The molecule has 0 amide bonds. The monoisotopic (exact) mass is 302 g/mol. The van der Waals surface area contributed by atoms with E-state index in [0.29, 0.717) is 28.2 Å². The Morgan fingerprint density at radius 2 is 2.14 bits per heavy atom. The fourth-order valence-corrected chi connectivity index (χ4v) is 1.90. The molecule has 106 valence electrons. The Kier molecular flexibility index (Phi) is 3.79. The van der Waals surface area contributed by atoms with Gasteiger partial charge in [0.2, 0.25) is 5.82 Å². The first-order valence-electron chi connectivity index (χ1n) is 6.26. The molecule has 2 heterocycles. The summed E-state index contributed by atoms with van der Waals surface area (Å²) in [7, 11) is 0. The SMILES string of the molecule is C[C@H](Oc1cccc(Cl)c1)c1nc(-c2cccnn2)no1. The lowest BCUT2D eigenvalue weighted by molar-refractivity contribution is 0.176. The molecular weight excluding hydrogens is 292 g/mol. The minimum Gasteiger partial charge on any atom is -0.481 e. The second kappa shape index (κ2) is 5.88. The van der Waals surface area contributed by atoms with Crippen molar-refractivity contribution in [2.75, 3.05) is 0 Å². The molecule has 3 rings (SSSR count). The van der Waals surface area contributed by atoms with Crippen molar-refractivity contribution < 1.29 is 9.26 Å². The first kappa shape index (κ1) is 13.5. The summed E-state index contributed by atoms with van der Waals surface area (Å²) in [5.74, 6) is 1.37. The van der Waals surface area contributed by atoms with Crippen LogP contribution in [0.4, 0.5) is 0 Å². The van der Waals surface area contributed by atoms with Crippen molar-refractivity contribution in [3.05, 3.63) is 53.5 Å². The Hall–Kier alpha value is -2.47. The molecule has 0 saturated heterocycles. The average Bonchev–Trinajstić information content (AvgIpc) is 2.98. The molecule has 0 aliphatic rings. The largest absolute Gasteiger partial charge is 0.481 e. The highest BCUT2D eigenvalue weighted by Gasteiger charge is 2.17. The molecule has 0 aliphatic carbocycles. The van der Waals surface area contributed by atoms with Crippen LogP contribution in [-0.2, 0) is 0 Å². The minimum atomic E-state index is -0.401. The normalized spacial score (nSPS) is 12.1. The second-order valence-corrected chi connectivity index (χ2v) is 4.72. The zero-order valence-corrected chi connectivity index (χ0v) is 11.9. The summed E-state index contributed by atoms with van der Waals surface area (Å²) in [6.07, 6.45) is 1.18. The summed E-state index contributed by atoms with van der Waals surface area (Å²) in [6.45, 7) is 1.81. The Bertz CT molecular complexity index is 733. The van der Waals surface area contributed by atoms with Crippen molar-refractivity contribution in [2.24, 2.45) is 0 Å². The molecule has 7 heteroatoms. The number of hydrogen-bond donors (Lipinski definition) is 0. The maximum Gasteiger partial charge on any atom is 0.267 e. The van der Waals surface area contributed by atoms with Crippen LogP contribution in [0.15, 0.2) is 47.1 Å². The third-order valence-electron chi connectivity index (χ3n) is 2.70. The summed E-state index contributed by atoms with van der Waals surface area (Å²) in [5.41, 5.74) is 0.544. The van der Waals surface area contributed by atoms with Crippen LogP contribution in [0.5, 0.6) is 5.75 Å². The molecule has 0 aliphatic heterocycles. The van der Waals surface area contributed by atoms with E-state index in [4.69, 9.17) is 20.9 Å². The Balaban J connectivity index is 1.77. The van der Waals surface area contributed by atoms with Gasteiger partial charge in [0.05, 0.1) is 0 Å². The van der Waals surface area contributed by atoms with Crippen molar-refractivity contribution in [3.8, 4) is 17.3 Å². The van der Waals surface area contributed by atoms with E-state index >= 15 is 0 Å². The number of halogens is 1. The predicted octanol–water partition coefficient (Wildman–Crippen LogP) is 3.32. The second-order valence-electron chi connectivity index (χ2n) is 4.28. The van der Waals surface area contributed by atoms with E-state index < -0.39 is 6.10 Å². The Morgan fingerprint density at radius 1 is 1.24 bits per heavy atom. The van der Waals surface area contributed by atoms with Gasteiger partial charge < -0.3 is 9.26 Å².